The van der Waals surface area contributed by atoms with Gasteiger partial charge in [-0.05, 0) is 6.08 Å². The van der Waals surface area contributed by atoms with Crippen molar-refractivity contribution >= 4 is 11.8 Å². The van der Waals surface area contributed by atoms with Crippen LogP contribution in [0.2, 0.25) is 0 Å². The molecule has 0 fully saturated rings. The Morgan fingerprint density at radius 1 is 1.33 bits per heavy atom. The molecule has 0 N–H and O–H groups in total. The molecule has 0 bridgehead atoms. The Hall–Kier alpha value is -1.20. The average Bonchev–Trinajstić information content (AvgIpc) is 2.33. The molecule has 12 heavy (non-hydrogen) atoms. The van der Waals surface area contributed by atoms with Crippen molar-refractivity contribution in [2.45, 2.75) is 0 Å². The van der Waals surface area contributed by atoms with Gasteiger partial charge in [-0.3, -0.25) is 0 Å². The Labute approximate surface area is 75.8 Å². The van der Waals surface area contributed by atoms with Gasteiger partial charge in [-0.25, -0.2) is 0 Å². The third-order valence-corrected chi connectivity index (χ3v) is 2.93. The summed E-state index contributed by atoms with van der Waals surface area (Å²) in [7, 11) is 0. The van der Waals surface area contributed by atoms with Crippen LogP contribution in [-0.2, 0) is 0 Å². The first-order chi connectivity index (χ1) is 5.92. The molecule has 58 valence electrons. The van der Waals surface area contributed by atoms with E-state index < -0.39 is 0 Å². The number of nitriles is 1. The molecule has 0 spiro atoms. The number of rotatable bonds is 0. The van der Waals surface area contributed by atoms with Crippen molar-refractivity contribution in [1.82, 2.24) is 0 Å². The summed E-state index contributed by atoms with van der Waals surface area (Å²) >= 11 is 1.73. The summed E-state index contributed by atoms with van der Waals surface area (Å²) in [6.07, 6.45) is 10.0. The first-order valence-electron chi connectivity index (χ1n) is 3.73. The van der Waals surface area contributed by atoms with Crippen LogP contribution in [0, 0.1) is 11.3 Å². The van der Waals surface area contributed by atoms with E-state index >= 15 is 0 Å². The summed E-state index contributed by atoms with van der Waals surface area (Å²) in [5, 5.41) is 8.79. The molecule has 0 saturated heterocycles. The molecule has 2 rings (SSSR count). The predicted octanol–water partition coefficient (Wildman–Crippen LogP) is 2.56. The van der Waals surface area contributed by atoms with Crippen LogP contribution < -0.4 is 0 Å². The highest BCUT2D eigenvalue weighted by Gasteiger charge is 2.17. The van der Waals surface area contributed by atoms with Crippen LogP contribution in [0.3, 0.4) is 0 Å². The van der Waals surface area contributed by atoms with E-state index in [-0.39, 0.29) is 0 Å². The normalized spacial score (nSPS) is 20.1. The van der Waals surface area contributed by atoms with E-state index in [1.54, 1.807) is 11.8 Å². The lowest BCUT2D eigenvalue weighted by Gasteiger charge is -1.94. The molecule has 0 aromatic rings. The largest absolute Gasteiger partial charge is 0.193 e. The number of hydrogen-bond acceptors (Lipinski definition) is 2. The average molecular weight is 173 g/mol. The minimum absolute atomic E-state index is 0.829. The van der Waals surface area contributed by atoms with E-state index in [1.165, 1.54) is 4.91 Å². The lowest BCUT2D eigenvalue weighted by atomic mass is 10.1. The quantitative estimate of drug-likeness (QED) is 0.562. The van der Waals surface area contributed by atoms with Gasteiger partial charge in [0.05, 0.1) is 6.07 Å². The monoisotopic (exact) mass is 173 g/mol. The van der Waals surface area contributed by atoms with Crippen molar-refractivity contribution in [3.63, 3.8) is 0 Å². The molecule has 0 aromatic heterocycles. The Balaban J connectivity index is 2.52. The van der Waals surface area contributed by atoms with E-state index in [1.807, 2.05) is 24.3 Å². The zero-order chi connectivity index (χ0) is 8.39. The second-order valence-electron chi connectivity index (χ2n) is 2.57. The lowest BCUT2D eigenvalue weighted by molar-refractivity contribution is 1.44. The summed E-state index contributed by atoms with van der Waals surface area (Å²) in [4.78, 5) is 1.22. The molecule has 2 aliphatic rings. The van der Waals surface area contributed by atoms with E-state index in [2.05, 4.69) is 12.1 Å². The van der Waals surface area contributed by atoms with Crippen molar-refractivity contribution in [3.8, 4) is 6.07 Å². The van der Waals surface area contributed by atoms with E-state index in [0.717, 1.165) is 16.9 Å². The molecule has 1 heterocycles. The molecule has 0 saturated carbocycles. The molecule has 2 heteroatoms. The highest BCUT2D eigenvalue weighted by Crippen LogP contribution is 2.37. The fourth-order valence-electron chi connectivity index (χ4n) is 1.23. The Kier molecular flexibility index (Phi) is 1.89. The van der Waals surface area contributed by atoms with Crippen molar-refractivity contribution in [1.29, 1.82) is 5.26 Å². The minimum Gasteiger partial charge on any atom is -0.193 e. The Morgan fingerprint density at radius 2 is 2.25 bits per heavy atom. The Bertz CT molecular complexity index is 364. The first-order valence-corrected chi connectivity index (χ1v) is 4.72. The SMILES string of the molecule is N#CC1=C2C=CC=CC=C2SC1. The predicted molar refractivity (Wildman–Crippen MR) is 51.5 cm³/mol. The zero-order valence-electron chi connectivity index (χ0n) is 6.45. The van der Waals surface area contributed by atoms with Gasteiger partial charge in [-0.1, -0.05) is 24.3 Å². The van der Waals surface area contributed by atoms with Crippen LogP contribution in [0.5, 0.6) is 0 Å². The van der Waals surface area contributed by atoms with Gasteiger partial charge >= 0.3 is 0 Å². The van der Waals surface area contributed by atoms with Crippen LogP contribution >= 0.6 is 11.8 Å². The molecule has 0 aromatic carbocycles. The van der Waals surface area contributed by atoms with Gasteiger partial charge in [-0.15, -0.1) is 11.8 Å². The molecule has 0 amide bonds. The van der Waals surface area contributed by atoms with E-state index in [0.29, 0.717) is 0 Å². The molecular weight excluding hydrogens is 166 g/mol. The fourth-order valence-corrected chi connectivity index (χ4v) is 2.27. The number of fused-ring (bicyclic) bond motifs is 1. The molecule has 1 aliphatic heterocycles. The lowest BCUT2D eigenvalue weighted by Crippen LogP contribution is -1.79. The van der Waals surface area contributed by atoms with Crippen LogP contribution in [0.4, 0.5) is 0 Å². The molecule has 1 nitrogen and oxygen atoms in total. The smallest absolute Gasteiger partial charge is 0.0962 e. The fraction of sp³-hybridized carbons (Fsp3) is 0.100. The second-order valence-corrected chi connectivity index (χ2v) is 3.58. The van der Waals surface area contributed by atoms with Crippen LogP contribution in [-0.4, -0.2) is 5.75 Å². The Morgan fingerprint density at radius 3 is 3.08 bits per heavy atom. The second kappa shape index (κ2) is 3.04. The topological polar surface area (TPSA) is 23.8 Å². The van der Waals surface area contributed by atoms with E-state index in [4.69, 9.17) is 5.26 Å². The molecule has 0 radical (unpaired) electrons. The highest BCUT2D eigenvalue weighted by atomic mass is 32.2. The molecular formula is C10H7NS. The van der Waals surface area contributed by atoms with E-state index in [9.17, 15) is 0 Å². The van der Waals surface area contributed by atoms with Gasteiger partial charge in [0.15, 0.2) is 0 Å². The van der Waals surface area contributed by atoms with Crippen molar-refractivity contribution in [2.24, 2.45) is 0 Å². The maximum Gasteiger partial charge on any atom is 0.0962 e. The van der Waals surface area contributed by atoms with Gasteiger partial charge in [0.25, 0.3) is 0 Å². The summed E-state index contributed by atoms with van der Waals surface area (Å²) in [5.41, 5.74) is 2.00. The first kappa shape index (κ1) is 7.45. The molecule has 0 atom stereocenters. The summed E-state index contributed by atoms with van der Waals surface area (Å²) < 4.78 is 0. The maximum atomic E-state index is 8.79. The number of thioether (sulfide) groups is 1. The standard InChI is InChI=1S/C10H7NS/c11-6-8-7-12-10-5-3-1-2-4-9(8)10/h1-5H,7H2. The van der Waals surface area contributed by atoms with Crippen LogP contribution in [0.1, 0.15) is 0 Å². The van der Waals surface area contributed by atoms with Gasteiger partial charge < -0.3 is 0 Å². The van der Waals surface area contributed by atoms with Crippen molar-refractivity contribution in [3.05, 3.63) is 46.4 Å². The number of hydrogen-bond donors (Lipinski definition) is 0. The summed E-state index contributed by atoms with van der Waals surface area (Å²) in [6.45, 7) is 0. The van der Waals surface area contributed by atoms with Gasteiger partial charge in [0.2, 0.25) is 0 Å². The van der Waals surface area contributed by atoms with Crippen molar-refractivity contribution < 1.29 is 0 Å². The number of nitrogens with zero attached hydrogens (tertiary/aromatic N) is 1. The maximum absolute atomic E-state index is 8.79. The van der Waals surface area contributed by atoms with Crippen LogP contribution in [0.25, 0.3) is 0 Å². The molecule has 1 aliphatic carbocycles. The van der Waals surface area contributed by atoms with Gasteiger partial charge in [0.1, 0.15) is 0 Å². The van der Waals surface area contributed by atoms with Gasteiger partial charge in [-0.2, -0.15) is 5.26 Å². The van der Waals surface area contributed by atoms with Gasteiger partial charge in [0, 0.05) is 21.8 Å². The van der Waals surface area contributed by atoms with Crippen molar-refractivity contribution in [2.75, 3.05) is 5.75 Å². The third-order valence-electron chi connectivity index (χ3n) is 1.83. The van der Waals surface area contributed by atoms with Crippen LogP contribution in [0.15, 0.2) is 46.4 Å². The molecule has 0 unspecified atom stereocenters. The zero-order valence-corrected chi connectivity index (χ0v) is 7.27. The number of allylic oxidation sites excluding steroid dienone is 6. The third kappa shape index (κ3) is 1.13. The highest BCUT2D eigenvalue weighted by molar-refractivity contribution is 8.03. The summed E-state index contributed by atoms with van der Waals surface area (Å²) in [5.74, 6) is 0.829. The summed E-state index contributed by atoms with van der Waals surface area (Å²) in [6, 6.07) is 2.23. The minimum atomic E-state index is 0.829.